The second-order valence-corrected chi connectivity index (χ2v) is 6.68. The number of carbonyl (C=O) groups excluding carboxylic acids is 1. The average molecular weight is 312 g/mol. The van der Waals surface area contributed by atoms with Crippen molar-refractivity contribution in [3.8, 4) is 0 Å². The van der Waals surface area contributed by atoms with Crippen LogP contribution in [-0.4, -0.2) is 67.6 Å². The van der Waals surface area contributed by atoms with E-state index in [0.29, 0.717) is 13.4 Å². The molecule has 2 amide bonds. The highest BCUT2D eigenvalue weighted by Crippen LogP contribution is 2.28. The van der Waals surface area contributed by atoms with Crippen molar-refractivity contribution in [2.24, 2.45) is 0 Å². The van der Waals surface area contributed by atoms with E-state index in [0.717, 1.165) is 4.90 Å². The number of carbonyl (C=O) groups is 1. The summed E-state index contributed by atoms with van der Waals surface area (Å²) in [7, 11) is 6.93. The van der Waals surface area contributed by atoms with Crippen molar-refractivity contribution in [1.82, 2.24) is 19.6 Å². The van der Waals surface area contributed by atoms with Gasteiger partial charge in [0.05, 0.1) is 6.67 Å². The third kappa shape index (κ3) is 6.26. The van der Waals surface area contributed by atoms with E-state index in [-0.39, 0.29) is 6.03 Å². The van der Waals surface area contributed by atoms with Crippen molar-refractivity contribution in [3.05, 3.63) is 30.3 Å². The number of urea groups is 1. The summed E-state index contributed by atoms with van der Waals surface area (Å²) in [6, 6.07) is 9.45. The Hall–Kier alpha value is -1.41. The first-order valence-corrected chi connectivity index (χ1v) is 7.84. The standard InChI is InChI=1S/C14H24N4O2S/c1-16(2)11-18(14(19)15-20-12-17(3)4)21(5)13-9-7-6-8-10-13/h6-10H,5,11-12H2,1-4H3,(H,15,19). The van der Waals surface area contributed by atoms with Crippen LogP contribution in [0.2, 0.25) is 0 Å². The molecule has 21 heavy (non-hydrogen) atoms. The average Bonchev–Trinajstić information content (AvgIpc) is 2.44. The second-order valence-electron chi connectivity index (χ2n) is 5.04. The van der Waals surface area contributed by atoms with Gasteiger partial charge in [-0.05, 0) is 40.3 Å². The van der Waals surface area contributed by atoms with E-state index in [9.17, 15) is 4.79 Å². The first kappa shape index (κ1) is 17.6. The lowest BCUT2D eigenvalue weighted by atomic mass is 10.4. The first-order valence-electron chi connectivity index (χ1n) is 6.49. The highest BCUT2D eigenvalue weighted by atomic mass is 32.2. The zero-order valence-corrected chi connectivity index (χ0v) is 13.9. The van der Waals surface area contributed by atoms with Crippen LogP contribution in [-0.2, 0) is 4.84 Å². The van der Waals surface area contributed by atoms with Gasteiger partial charge in [0.15, 0.2) is 0 Å². The van der Waals surface area contributed by atoms with E-state index in [1.165, 1.54) is 0 Å². The molecule has 0 aliphatic carbocycles. The molecule has 1 rings (SSSR count). The van der Waals surface area contributed by atoms with Crippen LogP contribution in [0.15, 0.2) is 35.2 Å². The monoisotopic (exact) mass is 312 g/mol. The minimum Gasteiger partial charge on any atom is -0.291 e. The Balaban J connectivity index is 2.75. The molecular formula is C14H24N4O2S. The smallest absolute Gasteiger partial charge is 0.291 e. The van der Waals surface area contributed by atoms with E-state index >= 15 is 0 Å². The van der Waals surface area contributed by atoms with Gasteiger partial charge in [-0.1, -0.05) is 34.7 Å². The van der Waals surface area contributed by atoms with E-state index in [1.54, 1.807) is 4.31 Å². The predicted octanol–water partition coefficient (Wildman–Crippen LogP) is 1.64. The SMILES string of the molecule is C=S(c1ccccc1)N(CN(C)C)C(=O)NOCN(C)C. The molecule has 0 fully saturated rings. The summed E-state index contributed by atoms with van der Waals surface area (Å²) in [6.45, 7) is 0.774. The fourth-order valence-electron chi connectivity index (χ4n) is 1.47. The fourth-order valence-corrected chi connectivity index (χ4v) is 2.80. The van der Waals surface area contributed by atoms with Crippen LogP contribution in [0, 0.1) is 0 Å². The normalized spacial score (nSPS) is 12.5. The first-order chi connectivity index (χ1) is 9.91. The molecule has 0 heterocycles. The van der Waals surface area contributed by atoms with Crippen molar-refractivity contribution in [2.75, 3.05) is 41.6 Å². The Morgan fingerprint density at radius 1 is 1.19 bits per heavy atom. The lowest BCUT2D eigenvalue weighted by Crippen LogP contribution is -2.42. The van der Waals surface area contributed by atoms with Crippen molar-refractivity contribution in [2.45, 2.75) is 4.90 Å². The molecule has 0 aliphatic heterocycles. The van der Waals surface area contributed by atoms with Crippen LogP contribution in [0.25, 0.3) is 0 Å². The van der Waals surface area contributed by atoms with Gasteiger partial charge in [0.1, 0.15) is 6.73 Å². The van der Waals surface area contributed by atoms with Gasteiger partial charge in [0, 0.05) is 4.90 Å². The second kappa shape index (κ2) is 8.78. The summed E-state index contributed by atoms with van der Waals surface area (Å²) in [5, 5.41) is 0. The van der Waals surface area contributed by atoms with Crippen molar-refractivity contribution in [1.29, 1.82) is 0 Å². The molecular weight excluding hydrogens is 288 g/mol. The van der Waals surface area contributed by atoms with Gasteiger partial charge in [-0.25, -0.2) is 10.3 Å². The number of nitrogens with one attached hydrogen (secondary N) is 1. The number of rotatable bonds is 7. The van der Waals surface area contributed by atoms with Crippen LogP contribution in [0.5, 0.6) is 0 Å². The van der Waals surface area contributed by atoms with Crippen molar-refractivity contribution < 1.29 is 9.63 Å². The van der Waals surface area contributed by atoms with Gasteiger partial charge in [-0.15, -0.1) is 0 Å². The molecule has 6 nitrogen and oxygen atoms in total. The van der Waals surface area contributed by atoms with Gasteiger partial charge in [0.25, 0.3) is 0 Å². The molecule has 1 aromatic rings. The Labute approximate surface area is 129 Å². The van der Waals surface area contributed by atoms with Crippen LogP contribution in [0.3, 0.4) is 0 Å². The molecule has 1 N–H and O–H groups in total. The van der Waals surface area contributed by atoms with Crippen molar-refractivity contribution >= 4 is 22.6 Å². The largest absolute Gasteiger partial charge is 0.352 e. The number of hydrogen-bond donors (Lipinski definition) is 1. The lowest BCUT2D eigenvalue weighted by Gasteiger charge is -2.28. The third-order valence-electron chi connectivity index (χ3n) is 2.40. The molecule has 0 radical (unpaired) electrons. The topological polar surface area (TPSA) is 48.1 Å². The summed E-state index contributed by atoms with van der Waals surface area (Å²) >= 11 is 0. The molecule has 0 aromatic heterocycles. The quantitative estimate of drug-likeness (QED) is 0.472. The number of hydrogen-bond acceptors (Lipinski definition) is 4. The van der Waals surface area contributed by atoms with Crippen LogP contribution in [0.1, 0.15) is 0 Å². The Bertz CT molecular complexity index is 465. The molecule has 0 spiro atoms. The lowest BCUT2D eigenvalue weighted by molar-refractivity contribution is -0.000671. The summed E-state index contributed by atoms with van der Waals surface area (Å²) in [5.41, 5.74) is 2.46. The summed E-state index contributed by atoms with van der Waals surface area (Å²) in [5.74, 6) is 4.13. The maximum absolute atomic E-state index is 12.3. The molecule has 1 aromatic carbocycles. The molecule has 0 bridgehead atoms. The molecule has 1 unspecified atom stereocenters. The number of hydroxylamine groups is 1. The van der Waals surface area contributed by atoms with Crippen LogP contribution >= 0.6 is 10.7 Å². The predicted molar refractivity (Wildman–Crippen MR) is 88.0 cm³/mol. The van der Waals surface area contributed by atoms with E-state index in [2.05, 4.69) is 11.4 Å². The molecule has 118 valence electrons. The molecule has 0 saturated heterocycles. The van der Waals surface area contributed by atoms with Gasteiger partial charge < -0.3 is 0 Å². The highest BCUT2D eigenvalue weighted by molar-refractivity contribution is 8.12. The van der Waals surface area contributed by atoms with Gasteiger partial charge >= 0.3 is 6.03 Å². The van der Waals surface area contributed by atoms with Gasteiger partial charge in [0.2, 0.25) is 0 Å². The maximum Gasteiger partial charge on any atom is 0.352 e. The summed E-state index contributed by atoms with van der Waals surface area (Å²) in [4.78, 5) is 22.2. The van der Waals surface area contributed by atoms with E-state index in [1.807, 2.05) is 68.3 Å². The van der Waals surface area contributed by atoms with Crippen molar-refractivity contribution in [3.63, 3.8) is 0 Å². The van der Waals surface area contributed by atoms with Gasteiger partial charge in [-0.3, -0.25) is 18.9 Å². The molecule has 1 atom stereocenters. The summed E-state index contributed by atoms with van der Waals surface area (Å²) in [6.07, 6.45) is 0. The zero-order chi connectivity index (χ0) is 15.8. The minimum absolute atomic E-state index is 0.298. The maximum atomic E-state index is 12.3. The minimum atomic E-state index is -0.600. The summed E-state index contributed by atoms with van der Waals surface area (Å²) < 4.78 is 1.64. The van der Waals surface area contributed by atoms with Crippen LogP contribution < -0.4 is 5.48 Å². The number of amides is 2. The zero-order valence-electron chi connectivity index (χ0n) is 13.1. The molecule has 0 aliphatic rings. The third-order valence-corrected chi connectivity index (χ3v) is 4.03. The molecule has 0 saturated carbocycles. The Morgan fingerprint density at radius 3 is 2.33 bits per heavy atom. The van der Waals surface area contributed by atoms with Crippen LogP contribution in [0.4, 0.5) is 4.79 Å². The van der Waals surface area contributed by atoms with E-state index in [4.69, 9.17) is 4.84 Å². The Kier molecular flexibility index (Phi) is 7.38. The number of benzene rings is 1. The Morgan fingerprint density at radius 2 is 1.81 bits per heavy atom. The fraction of sp³-hybridized carbons (Fsp3) is 0.429. The van der Waals surface area contributed by atoms with Gasteiger partial charge in [-0.2, -0.15) is 0 Å². The highest BCUT2D eigenvalue weighted by Gasteiger charge is 2.18. The number of nitrogens with zero attached hydrogens (tertiary/aromatic N) is 3. The molecule has 7 heteroatoms. The van der Waals surface area contributed by atoms with E-state index < -0.39 is 10.7 Å².